The van der Waals surface area contributed by atoms with Gasteiger partial charge >= 0.3 is 0 Å². The van der Waals surface area contributed by atoms with Crippen LogP contribution in [0.4, 0.5) is 5.69 Å². The van der Waals surface area contributed by atoms with Crippen LogP contribution in [0.2, 0.25) is 0 Å². The number of sulfonamides is 1. The fourth-order valence-electron chi connectivity index (χ4n) is 3.73. The lowest BCUT2D eigenvalue weighted by molar-refractivity contribution is -0.119. The van der Waals surface area contributed by atoms with Crippen LogP contribution in [-0.2, 0) is 27.8 Å². The Morgan fingerprint density at radius 3 is 2.52 bits per heavy atom. The average Bonchev–Trinajstić information content (AvgIpc) is 3.33. The maximum Gasteiger partial charge on any atom is 0.271 e. The van der Waals surface area contributed by atoms with Gasteiger partial charge in [0.05, 0.1) is 0 Å². The number of nitrogens with zero attached hydrogens (tertiary/aromatic N) is 3. The Kier molecular flexibility index (Phi) is 4.61. The number of aromatic nitrogens is 1. The normalized spacial score (nSPS) is 17.3. The molecule has 1 amide bonds. The van der Waals surface area contributed by atoms with Crippen LogP contribution in [0.3, 0.4) is 0 Å². The van der Waals surface area contributed by atoms with Gasteiger partial charge in [-0.05, 0) is 43.0 Å². The molecule has 0 saturated carbocycles. The summed E-state index contributed by atoms with van der Waals surface area (Å²) >= 11 is 0. The fraction of sp³-hybridized carbons (Fsp3) is 0.368. The molecular weight excluding hydrogens is 366 g/mol. The Hall–Kier alpha value is -2.45. The Balaban J connectivity index is 1.61. The Bertz CT molecular complexity index is 1040. The predicted molar refractivity (Wildman–Crippen MR) is 101 cm³/mol. The summed E-state index contributed by atoms with van der Waals surface area (Å²) in [6, 6.07) is 10.5. The van der Waals surface area contributed by atoms with Crippen molar-refractivity contribution in [3.8, 4) is 0 Å². The third-order valence-electron chi connectivity index (χ3n) is 5.16. The number of carbonyl (C=O) groups is 1. The van der Waals surface area contributed by atoms with Crippen molar-refractivity contribution in [1.82, 2.24) is 8.87 Å². The molecular formula is C19H21N3O4S. The zero-order chi connectivity index (χ0) is 19.0. The molecule has 2 aromatic rings. The van der Waals surface area contributed by atoms with Crippen molar-refractivity contribution in [3.63, 3.8) is 0 Å². The van der Waals surface area contributed by atoms with Gasteiger partial charge in [0.1, 0.15) is 11.4 Å². The molecule has 0 aliphatic carbocycles. The molecule has 0 unspecified atom stereocenters. The predicted octanol–water partition coefficient (Wildman–Crippen LogP) is 1.22. The Labute approximate surface area is 157 Å². The van der Waals surface area contributed by atoms with Crippen LogP contribution in [0.1, 0.15) is 18.4 Å². The maximum absolute atomic E-state index is 12.8. The molecule has 1 saturated heterocycles. The smallest absolute Gasteiger partial charge is 0.271 e. The first-order chi connectivity index (χ1) is 13.0. The van der Waals surface area contributed by atoms with Crippen LogP contribution < -0.4 is 10.5 Å². The number of carbonyl (C=O) groups excluding carboxylic acids is 1. The van der Waals surface area contributed by atoms with Gasteiger partial charge in [0, 0.05) is 31.5 Å². The molecule has 27 heavy (non-hydrogen) atoms. The van der Waals surface area contributed by atoms with Gasteiger partial charge in [-0.1, -0.05) is 18.2 Å². The van der Waals surface area contributed by atoms with E-state index in [0.29, 0.717) is 19.6 Å². The van der Waals surface area contributed by atoms with Gasteiger partial charge in [-0.2, -0.15) is 4.31 Å². The molecule has 1 fully saturated rings. The Morgan fingerprint density at radius 1 is 1.00 bits per heavy atom. The van der Waals surface area contributed by atoms with Crippen LogP contribution in [0.25, 0.3) is 0 Å². The van der Waals surface area contributed by atoms with Gasteiger partial charge in [-0.15, -0.1) is 0 Å². The fourth-order valence-corrected chi connectivity index (χ4v) is 5.34. The van der Waals surface area contributed by atoms with Gasteiger partial charge in [0.25, 0.3) is 5.56 Å². The van der Waals surface area contributed by atoms with E-state index in [1.165, 1.54) is 27.2 Å². The van der Waals surface area contributed by atoms with Gasteiger partial charge in [-0.3, -0.25) is 9.59 Å². The van der Waals surface area contributed by atoms with E-state index in [2.05, 4.69) is 0 Å². The van der Waals surface area contributed by atoms with Gasteiger partial charge in [0.2, 0.25) is 15.9 Å². The number of hydrogen-bond donors (Lipinski definition) is 0. The summed E-state index contributed by atoms with van der Waals surface area (Å²) in [5.74, 6) is -0.224. The first-order valence-electron chi connectivity index (χ1n) is 9.06. The minimum Gasteiger partial charge on any atom is -0.310 e. The van der Waals surface area contributed by atoms with Crippen molar-refractivity contribution in [2.45, 2.75) is 30.7 Å². The quantitative estimate of drug-likeness (QED) is 0.790. The van der Waals surface area contributed by atoms with Crippen LogP contribution in [0.5, 0.6) is 0 Å². The zero-order valence-corrected chi connectivity index (χ0v) is 15.7. The molecule has 2 aliphatic rings. The number of amides is 1. The van der Waals surface area contributed by atoms with E-state index in [0.717, 1.165) is 30.5 Å². The first-order valence-corrected chi connectivity index (χ1v) is 10.5. The topological polar surface area (TPSA) is 79.7 Å². The molecule has 3 heterocycles. The van der Waals surface area contributed by atoms with Crippen LogP contribution in [0, 0.1) is 0 Å². The van der Waals surface area contributed by atoms with Crippen molar-refractivity contribution in [1.29, 1.82) is 0 Å². The van der Waals surface area contributed by atoms with Crippen molar-refractivity contribution in [3.05, 3.63) is 58.5 Å². The second-order valence-corrected chi connectivity index (χ2v) is 8.75. The molecule has 0 atom stereocenters. The van der Waals surface area contributed by atoms with Crippen molar-refractivity contribution < 1.29 is 13.2 Å². The maximum atomic E-state index is 12.8. The highest BCUT2D eigenvalue weighted by atomic mass is 32.2. The number of fused-ring (bicyclic) bond motifs is 1. The highest BCUT2D eigenvalue weighted by Crippen LogP contribution is 2.27. The lowest BCUT2D eigenvalue weighted by Crippen LogP contribution is -2.38. The highest BCUT2D eigenvalue weighted by Gasteiger charge is 2.30. The monoisotopic (exact) mass is 387 g/mol. The molecule has 1 aromatic carbocycles. The van der Waals surface area contributed by atoms with Gasteiger partial charge in [0.15, 0.2) is 0 Å². The molecule has 0 spiro atoms. The second-order valence-electron chi connectivity index (χ2n) is 6.84. The Morgan fingerprint density at radius 2 is 1.74 bits per heavy atom. The summed E-state index contributed by atoms with van der Waals surface area (Å²) < 4.78 is 28.0. The lowest BCUT2D eigenvalue weighted by atomic mass is 10.2. The van der Waals surface area contributed by atoms with Crippen molar-refractivity contribution in [2.75, 3.05) is 24.5 Å². The van der Waals surface area contributed by atoms with Crippen molar-refractivity contribution in [2.24, 2.45) is 0 Å². The summed E-state index contributed by atoms with van der Waals surface area (Å²) in [7, 11) is -3.82. The average molecular weight is 387 g/mol. The number of rotatable bonds is 4. The molecule has 0 bridgehead atoms. The molecule has 4 rings (SSSR count). The standard InChI is InChI=1S/C19H21N3O4S/c23-18(22-13-9-15-6-1-2-7-16(15)22)14-20-10-5-8-17(19(20)24)27(25,26)21-11-3-4-12-21/h1-2,5-8,10H,3-4,9,11-14H2. The summed E-state index contributed by atoms with van der Waals surface area (Å²) in [6.07, 6.45) is 3.84. The van der Waals surface area contributed by atoms with Crippen LogP contribution in [-0.4, -0.2) is 42.8 Å². The van der Waals surface area contributed by atoms with E-state index in [1.54, 1.807) is 4.90 Å². The summed E-state index contributed by atoms with van der Waals surface area (Å²) in [5, 5.41) is 0. The molecule has 0 radical (unpaired) electrons. The number of anilines is 1. The third-order valence-corrected chi connectivity index (χ3v) is 7.07. The molecule has 0 N–H and O–H groups in total. The van der Waals surface area contributed by atoms with Gasteiger partial charge < -0.3 is 9.47 Å². The molecule has 2 aliphatic heterocycles. The van der Waals surface area contributed by atoms with Crippen molar-refractivity contribution >= 4 is 21.6 Å². The zero-order valence-electron chi connectivity index (χ0n) is 14.9. The number of hydrogen-bond acceptors (Lipinski definition) is 4. The minimum absolute atomic E-state index is 0.184. The number of pyridine rings is 1. The number of para-hydroxylation sites is 1. The highest BCUT2D eigenvalue weighted by molar-refractivity contribution is 7.89. The van der Waals surface area contributed by atoms with E-state index in [4.69, 9.17) is 0 Å². The van der Waals surface area contributed by atoms with Crippen LogP contribution in [0.15, 0.2) is 52.3 Å². The molecule has 1 aromatic heterocycles. The minimum atomic E-state index is -3.82. The largest absolute Gasteiger partial charge is 0.310 e. The summed E-state index contributed by atoms with van der Waals surface area (Å²) in [5.41, 5.74) is 1.31. The van der Waals surface area contributed by atoms with E-state index in [-0.39, 0.29) is 17.3 Å². The summed E-state index contributed by atoms with van der Waals surface area (Å²) in [4.78, 5) is 26.9. The molecule has 142 valence electrons. The number of benzene rings is 1. The van der Waals surface area contributed by atoms with E-state index in [1.807, 2.05) is 24.3 Å². The third kappa shape index (κ3) is 3.19. The lowest BCUT2D eigenvalue weighted by Gasteiger charge is -2.19. The molecule has 8 heteroatoms. The SMILES string of the molecule is O=C(Cn1cccc(S(=O)(=O)N2CCCC2)c1=O)N1CCc2ccccc21. The van der Waals surface area contributed by atoms with E-state index < -0.39 is 15.6 Å². The van der Waals surface area contributed by atoms with Gasteiger partial charge in [-0.25, -0.2) is 8.42 Å². The molecule has 7 nitrogen and oxygen atoms in total. The second kappa shape index (κ2) is 6.94. The van der Waals surface area contributed by atoms with Crippen LogP contribution >= 0.6 is 0 Å². The first kappa shape index (κ1) is 17.9. The summed E-state index contributed by atoms with van der Waals surface area (Å²) in [6.45, 7) is 1.25. The van der Waals surface area contributed by atoms with E-state index in [9.17, 15) is 18.0 Å². The van der Waals surface area contributed by atoms with E-state index >= 15 is 0 Å².